The Morgan fingerprint density at radius 1 is 1.00 bits per heavy atom. The summed E-state index contributed by atoms with van der Waals surface area (Å²) in [6.45, 7) is 1.94. The maximum absolute atomic E-state index is 13.2. The number of rotatable bonds is 3. The Labute approximate surface area is 196 Å². The van der Waals surface area contributed by atoms with Crippen LogP contribution in [0.15, 0.2) is 82.8 Å². The Morgan fingerprint density at radius 2 is 1.69 bits per heavy atom. The lowest BCUT2D eigenvalue weighted by Crippen LogP contribution is -2.29. The van der Waals surface area contributed by atoms with Crippen LogP contribution in [0.4, 0.5) is 5.13 Å². The summed E-state index contributed by atoms with van der Waals surface area (Å²) in [5.74, 6) is -1.62. The summed E-state index contributed by atoms with van der Waals surface area (Å²) in [7, 11) is 0. The van der Waals surface area contributed by atoms with Crippen molar-refractivity contribution in [1.82, 2.24) is 4.98 Å². The van der Waals surface area contributed by atoms with Crippen molar-refractivity contribution in [2.75, 3.05) is 4.90 Å². The fourth-order valence-electron chi connectivity index (χ4n) is 3.82. The molecule has 1 atom stereocenters. The summed E-state index contributed by atoms with van der Waals surface area (Å²) in [6.07, 6.45) is 0. The minimum Gasteiger partial charge on any atom is -0.507 e. The molecule has 0 saturated carbocycles. The van der Waals surface area contributed by atoms with Crippen molar-refractivity contribution in [3.63, 3.8) is 0 Å². The molecule has 1 saturated heterocycles. The molecular formula is C25H17BrN2O3S. The van der Waals surface area contributed by atoms with Gasteiger partial charge in [-0.25, -0.2) is 4.98 Å². The van der Waals surface area contributed by atoms with Crippen molar-refractivity contribution in [1.29, 1.82) is 0 Å². The number of para-hydroxylation sites is 1. The molecule has 32 heavy (non-hydrogen) atoms. The Bertz CT molecular complexity index is 1360. The van der Waals surface area contributed by atoms with Crippen LogP contribution in [0.3, 0.4) is 0 Å². The highest BCUT2D eigenvalue weighted by Gasteiger charge is 2.48. The number of Topliss-reactive ketones (excluding diaryl/α,β-unsaturated/α-hetero) is 1. The molecule has 4 aromatic rings. The van der Waals surface area contributed by atoms with Gasteiger partial charge in [0.05, 0.1) is 21.8 Å². The number of aryl methyl sites for hydroxylation is 1. The minimum atomic E-state index is -0.787. The van der Waals surface area contributed by atoms with Crippen LogP contribution in [-0.4, -0.2) is 21.8 Å². The smallest absolute Gasteiger partial charge is 0.301 e. The number of carbonyl (C=O) groups is 2. The zero-order valence-corrected chi connectivity index (χ0v) is 19.4. The van der Waals surface area contributed by atoms with Crippen molar-refractivity contribution in [3.8, 4) is 0 Å². The van der Waals surface area contributed by atoms with E-state index >= 15 is 0 Å². The van der Waals surface area contributed by atoms with Gasteiger partial charge in [0.15, 0.2) is 5.13 Å². The Hall–Kier alpha value is -3.29. The minimum absolute atomic E-state index is 0.0560. The van der Waals surface area contributed by atoms with Crippen molar-refractivity contribution in [2.24, 2.45) is 0 Å². The first-order valence-electron chi connectivity index (χ1n) is 9.93. The maximum atomic E-state index is 13.2. The van der Waals surface area contributed by atoms with Crippen molar-refractivity contribution in [2.45, 2.75) is 13.0 Å². The van der Waals surface area contributed by atoms with Gasteiger partial charge in [-0.3, -0.25) is 14.5 Å². The third-order valence-corrected chi connectivity index (χ3v) is 7.01. The number of hydrogen-bond acceptors (Lipinski definition) is 5. The molecule has 1 N–H and O–H groups in total. The molecule has 1 aliphatic heterocycles. The molecule has 0 aliphatic carbocycles. The molecule has 3 aromatic carbocycles. The Balaban J connectivity index is 1.73. The monoisotopic (exact) mass is 504 g/mol. The number of fused-ring (bicyclic) bond motifs is 1. The van der Waals surface area contributed by atoms with Gasteiger partial charge < -0.3 is 5.11 Å². The maximum Gasteiger partial charge on any atom is 0.301 e. The van der Waals surface area contributed by atoms with Gasteiger partial charge in [-0.2, -0.15) is 0 Å². The molecule has 5 nitrogen and oxygen atoms in total. The van der Waals surface area contributed by atoms with Gasteiger partial charge in [0, 0.05) is 10.0 Å². The zero-order valence-electron chi connectivity index (χ0n) is 16.9. The number of halogens is 1. The van der Waals surface area contributed by atoms with Crippen molar-refractivity contribution < 1.29 is 14.7 Å². The number of amides is 1. The largest absolute Gasteiger partial charge is 0.507 e. The normalized spacial score (nSPS) is 17.9. The topological polar surface area (TPSA) is 70.5 Å². The summed E-state index contributed by atoms with van der Waals surface area (Å²) >= 11 is 4.77. The molecule has 1 aromatic heterocycles. The molecule has 1 fully saturated rings. The first-order chi connectivity index (χ1) is 15.4. The van der Waals surface area contributed by atoms with E-state index < -0.39 is 17.7 Å². The van der Waals surface area contributed by atoms with Crippen LogP contribution in [0, 0.1) is 6.92 Å². The number of aliphatic hydroxyl groups excluding tert-OH is 1. The predicted octanol–water partition coefficient (Wildman–Crippen LogP) is 5.99. The number of carbonyl (C=O) groups excluding carboxylic acids is 2. The highest BCUT2D eigenvalue weighted by atomic mass is 79.9. The number of aromatic nitrogens is 1. The molecule has 0 bridgehead atoms. The van der Waals surface area contributed by atoms with E-state index in [2.05, 4.69) is 20.9 Å². The van der Waals surface area contributed by atoms with Crippen LogP contribution in [0.1, 0.15) is 22.7 Å². The third-order valence-electron chi connectivity index (χ3n) is 5.44. The highest BCUT2D eigenvalue weighted by molar-refractivity contribution is 9.10. The number of nitrogens with zero attached hydrogens (tertiary/aromatic N) is 2. The van der Waals surface area contributed by atoms with Gasteiger partial charge in [0.1, 0.15) is 5.76 Å². The lowest BCUT2D eigenvalue weighted by atomic mass is 9.95. The average molecular weight is 505 g/mol. The Morgan fingerprint density at radius 3 is 2.38 bits per heavy atom. The fraction of sp³-hybridized carbons (Fsp3) is 0.0800. The molecule has 7 heteroatoms. The van der Waals surface area contributed by atoms with Crippen molar-refractivity contribution >= 4 is 60.1 Å². The van der Waals surface area contributed by atoms with E-state index in [1.54, 1.807) is 12.1 Å². The van der Waals surface area contributed by atoms with Gasteiger partial charge in [-0.15, -0.1) is 0 Å². The molecule has 1 amide bonds. The standard InChI is InChI=1S/C25H17BrN2O3S/c1-14-6-8-16(9-7-14)22(29)20-21(15-10-12-17(26)13-11-15)28(24(31)23(20)30)25-27-18-4-2-3-5-19(18)32-25/h2-13,21,29H,1H3/t21-/m0/s1. The molecule has 0 spiro atoms. The first-order valence-corrected chi connectivity index (χ1v) is 11.5. The fourth-order valence-corrected chi connectivity index (χ4v) is 5.08. The summed E-state index contributed by atoms with van der Waals surface area (Å²) in [6, 6.07) is 21.4. The van der Waals surface area contributed by atoms with Gasteiger partial charge in [-0.05, 0) is 36.8 Å². The van der Waals surface area contributed by atoms with E-state index in [1.807, 2.05) is 67.6 Å². The molecule has 0 radical (unpaired) electrons. The number of thiazole rings is 1. The van der Waals surface area contributed by atoms with Crippen LogP contribution in [0.25, 0.3) is 16.0 Å². The van der Waals surface area contributed by atoms with Crippen LogP contribution in [0.5, 0.6) is 0 Å². The van der Waals surface area contributed by atoms with Crippen LogP contribution < -0.4 is 4.90 Å². The van der Waals surface area contributed by atoms with Crippen molar-refractivity contribution in [3.05, 3.63) is 99.5 Å². The summed E-state index contributed by atoms with van der Waals surface area (Å²) < 4.78 is 1.79. The predicted molar refractivity (Wildman–Crippen MR) is 130 cm³/mol. The second-order valence-corrected chi connectivity index (χ2v) is 9.48. The SMILES string of the molecule is Cc1ccc(C(O)=C2C(=O)C(=O)N(c3nc4ccccc4s3)[C@H]2c2ccc(Br)cc2)cc1. The number of hydrogen-bond donors (Lipinski definition) is 1. The van der Waals surface area contributed by atoms with E-state index in [0.717, 1.165) is 20.3 Å². The van der Waals surface area contributed by atoms with Gasteiger partial charge in [-0.1, -0.05) is 81.4 Å². The number of benzene rings is 3. The molecule has 0 unspecified atom stereocenters. The second kappa shape index (κ2) is 8.00. The van der Waals surface area contributed by atoms with E-state index in [0.29, 0.717) is 16.3 Å². The second-order valence-electron chi connectivity index (χ2n) is 7.55. The number of aliphatic hydroxyl groups is 1. The molecule has 158 valence electrons. The summed E-state index contributed by atoms with van der Waals surface area (Å²) in [5.41, 5.74) is 3.03. The van der Waals surface area contributed by atoms with E-state index in [9.17, 15) is 14.7 Å². The van der Waals surface area contributed by atoms with E-state index in [1.165, 1.54) is 16.2 Å². The van der Waals surface area contributed by atoms with E-state index in [4.69, 9.17) is 0 Å². The lowest BCUT2D eigenvalue weighted by Gasteiger charge is -2.23. The van der Waals surface area contributed by atoms with Crippen LogP contribution in [0.2, 0.25) is 0 Å². The Kier molecular flexibility index (Phi) is 5.15. The highest BCUT2D eigenvalue weighted by Crippen LogP contribution is 2.44. The van der Waals surface area contributed by atoms with Gasteiger partial charge >= 0.3 is 5.91 Å². The van der Waals surface area contributed by atoms with Gasteiger partial charge in [0.2, 0.25) is 0 Å². The molecular weight excluding hydrogens is 488 g/mol. The quantitative estimate of drug-likeness (QED) is 0.211. The first kappa shape index (κ1) is 20.6. The average Bonchev–Trinajstić information content (AvgIpc) is 3.33. The van der Waals surface area contributed by atoms with E-state index in [-0.39, 0.29) is 11.3 Å². The van der Waals surface area contributed by atoms with Crippen LogP contribution >= 0.6 is 27.3 Å². The van der Waals surface area contributed by atoms with Crippen LogP contribution in [-0.2, 0) is 9.59 Å². The third kappa shape index (κ3) is 3.43. The summed E-state index contributed by atoms with van der Waals surface area (Å²) in [5, 5.41) is 11.6. The summed E-state index contributed by atoms with van der Waals surface area (Å²) in [4.78, 5) is 32.4. The van der Waals surface area contributed by atoms with Gasteiger partial charge in [0.25, 0.3) is 5.78 Å². The number of ketones is 1. The molecule has 5 rings (SSSR count). The zero-order chi connectivity index (χ0) is 22.4. The lowest BCUT2D eigenvalue weighted by molar-refractivity contribution is -0.132. The number of anilines is 1. The molecule has 1 aliphatic rings. The molecule has 2 heterocycles.